The van der Waals surface area contributed by atoms with Crippen molar-refractivity contribution in [2.45, 2.75) is 19.8 Å². The third-order valence-electron chi connectivity index (χ3n) is 6.45. The molecule has 38 heavy (non-hydrogen) atoms. The van der Waals surface area contributed by atoms with Crippen LogP contribution in [0.2, 0.25) is 0 Å². The Morgan fingerprint density at radius 2 is 1.63 bits per heavy atom. The number of ether oxygens (including phenoxy) is 2. The molecular formula is C28H22FN4O5+. The molecule has 0 radical (unpaired) electrons. The summed E-state index contributed by atoms with van der Waals surface area (Å²) < 4.78 is 27.2. The van der Waals surface area contributed by atoms with Crippen LogP contribution in [0.15, 0.2) is 77.9 Å². The first-order valence-corrected chi connectivity index (χ1v) is 12.1. The fourth-order valence-corrected chi connectivity index (χ4v) is 4.73. The van der Waals surface area contributed by atoms with Gasteiger partial charge in [0.15, 0.2) is 23.9 Å². The number of carbonyl (C=O) groups is 2. The molecule has 2 aliphatic rings. The molecule has 9 nitrogen and oxygen atoms in total. The van der Waals surface area contributed by atoms with Crippen molar-refractivity contribution in [2.24, 2.45) is 0 Å². The Kier molecular flexibility index (Phi) is 5.64. The minimum Gasteiger partial charge on any atom is -0.454 e. The number of pyridine rings is 1. The Morgan fingerprint density at radius 3 is 2.37 bits per heavy atom. The molecule has 2 amide bonds. The highest BCUT2D eigenvalue weighted by atomic mass is 19.1. The maximum absolute atomic E-state index is 14.1. The predicted octanol–water partition coefficient (Wildman–Crippen LogP) is 3.22. The Bertz CT molecular complexity index is 1670. The summed E-state index contributed by atoms with van der Waals surface area (Å²) in [6.07, 6.45) is 4.41. The van der Waals surface area contributed by atoms with E-state index < -0.39 is 23.2 Å². The summed E-state index contributed by atoms with van der Waals surface area (Å²) in [5, 5.41) is 3.08. The van der Waals surface area contributed by atoms with E-state index in [-0.39, 0.29) is 23.6 Å². The van der Waals surface area contributed by atoms with E-state index in [1.807, 2.05) is 6.92 Å². The van der Waals surface area contributed by atoms with Crippen molar-refractivity contribution >= 4 is 28.8 Å². The fraction of sp³-hybridized carbons (Fsp3) is 0.143. The first-order chi connectivity index (χ1) is 18.5. The molecule has 10 heteroatoms. The maximum atomic E-state index is 14.1. The standard InChI is InChI=1S/C28H21FN4O5/c1-2-6-20-23(27(35)33(30-20)18-9-7-17(29)8-10-18)24-25(31-13-4-3-5-14-31)28(36)32(26(24)34)19-11-12-21-22(15-19)38-16-37-21/h3-5,7-15H,2,6,16H2,1H3/p+1. The third kappa shape index (κ3) is 3.69. The number of H-pyrrole nitrogens is 1. The van der Waals surface area contributed by atoms with Crippen LogP contribution >= 0.6 is 0 Å². The monoisotopic (exact) mass is 513 g/mol. The van der Waals surface area contributed by atoms with Gasteiger partial charge in [-0.25, -0.2) is 14.0 Å². The minimum absolute atomic E-state index is 0.0190. The van der Waals surface area contributed by atoms with Gasteiger partial charge in [-0.15, -0.1) is 0 Å². The first-order valence-electron chi connectivity index (χ1n) is 12.1. The SMILES string of the molecule is CCCc1[nH]n(-c2ccc(F)cc2)c(=O)c1C1=C([n+]2ccccc2)C(=O)N(c2ccc3c(c2)OCO3)C1=O. The molecule has 2 aromatic heterocycles. The number of hydrogen-bond donors (Lipinski definition) is 1. The van der Waals surface area contributed by atoms with Crippen molar-refractivity contribution < 1.29 is 28.0 Å². The molecule has 0 atom stereocenters. The lowest BCUT2D eigenvalue weighted by Crippen LogP contribution is -2.39. The van der Waals surface area contributed by atoms with Gasteiger partial charge in [0, 0.05) is 23.9 Å². The van der Waals surface area contributed by atoms with Gasteiger partial charge in [-0.05, 0) is 42.8 Å². The van der Waals surface area contributed by atoms with Crippen molar-refractivity contribution in [3.8, 4) is 17.2 Å². The molecule has 4 heterocycles. The van der Waals surface area contributed by atoms with Gasteiger partial charge in [0.2, 0.25) is 6.79 Å². The van der Waals surface area contributed by atoms with E-state index in [2.05, 4.69) is 5.10 Å². The molecule has 190 valence electrons. The van der Waals surface area contributed by atoms with Crippen LogP contribution in [0.25, 0.3) is 17.0 Å². The van der Waals surface area contributed by atoms with Gasteiger partial charge in [0.05, 0.1) is 16.9 Å². The van der Waals surface area contributed by atoms with Crippen LogP contribution in [-0.2, 0) is 16.0 Å². The van der Waals surface area contributed by atoms with Gasteiger partial charge in [0.25, 0.3) is 17.2 Å². The normalized spacial score (nSPS) is 14.6. The second-order valence-electron chi connectivity index (χ2n) is 8.82. The molecule has 0 saturated carbocycles. The minimum atomic E-state index is -0.639. The molecule has 0 bridgehead atoms. The van der Waals surface area contributed by atoms with Crippen LogP contribution in [0.1, 0.15) is 24.6 Å². The number of aryl methyl sites for hydroxylation is 1. The van der Waals surface area contributed by atoms with E-state index in [4.69, 9.17) is 9.47 Å². The van der Waals surface area contributed by atoms with Gasteiger partial charge in [-0.3, -0.25) is 19.5 Å². The van der Waals surface area contributed by atoms with Crippen molar-refractivity contribution in [1.82, 2.24) is 9.78 Å². The molecule has 0 spiro atoms. The molecule has 0 saturated heterocycles. The van der Waals surface area contributed by atoms with E-state index in [0.29, 0.717) is 41.4 Å². The topological polar surface area (TPSA) is 97.5 Å². The lowest BCUT2D eigenvalue weighted by atomic mass is 10.0. The Morgan fingerprint density at radius 1 is 0.921 bits per heavy atom. The number of aromatic nitrogens is 3. The molecule has 0 fully saturated rings. The van der Waals surface area contributed by atoms with E-state index in [1.54, 1.807) is 48.8 Å². The molecule has 0 unspecified atom stereocenters. The molecule has 1 N–H and O–H groups in total. The van der Waals surface area contributed by atoms with Gasteiger partial charge >= 0.3 is 5.91 Å². The largest absolute Gasteiger partial charge is 0.454 e. The number of amides is 2. The molecule has 6 rings (SSSR count). The number of nitrogens with one attached hydrogen (secondary N) is 1. The highest BCUT2D eigenvalue weighted by molar-refractivity contribution is 6.53. The Balaban J connectivity index is 1.57. The second-order valence-corrected chi connectivity index (χ2v) is 8.82. The number of halogens is 1. The number of rotatable bonds is 6. The van der Waals surface area contributed by atoms with E-state index in [0.717, 1.165) is 4.90 Å². The Labute approximate surface area is 215 Å². The lowest BCUT2D eigenvalue weighted by Gasteiger charge is -2.14. The number of carbonyl (C=O) groups excluding carboxylic acids is 2. The van der Waals surface area contributed by atoms with Crippen LogP contribution < -0.4 is 24.5 Å². The Hall–Kier alpha value is -4.99. The number of hydrogen-bond acceptors (Lipinski definition) is 5. The number of aromatic amines is 1. The van der Waals surface area contributed by atoms with Crippen molar-refractivity contribution in [3.05, 3.63) is 100 Å². The van der Waals surface area contributed by atoms with E-state index in [1.165, 1.54) is 33.5 Å². The van der Waals surface area contributed by atoms with Crippen LogP contribution in [0.3, 0.4) is 0 Å². The molecule has 4 aromatic rings. The summed E-state index contributed by atoms with van der Waals surface area (Å²) in [5.41, 5.74) is 0.808. The fourth-order valence-electron chi connectivity index (χ4n) is 4.73. The quantitative estimate of drug-likeness (QED) is 0.316. The highest BCUT2D eigenvalue weighted by Gasteiger charge is 2.48. The van der Waals surface area contributed by atoms with Crippen LogP contribution in [-0.4, -0.2) is 28.4 Å². The summed E-state index contributed by atoms with van der Waals surface area (Å²) in [6.45, 7) is 1.99. The highest BCUT2D eigenvalue weighted by Crippen LogP contribution is 2.39. The number of anilines is 1. The molecule has 0 aliphatic carbocycles. The van der Waals surface area contributed by atoms with E-state index >= 15 is 0 Å². The summed E-state index contributed by atoms with van der Waals surface area (Å²) in [5.74, 6) is -0.741. The van der Waals surface area contributed by atoms with Crippen molar-refractivity contribution in [3.63, 3.8) is 0 Å². The summed E-state index contributed by atoms with van der Waals surface area (Å²) in [6, 6.07) is 15.5. The second kappa shape index (κ2) is 9.15. The number of imide groups is 1. The molecule has 2 aliphatic heterocycles. The van der Waals surface area contributed by atoms with Crippen molar-refractivity contribution in [1.29, 1.82) is 0 Å². The average molecular weight is 514 g/mol. The predicted molar refractivity (Wildman–Crippen MR) is 135 cm³/mol. The van der Waals surface area contributed by atoms with Gasteiger partial charge < -0.3 is 9.47 Å². The zero-order valence-corrected chi connectivity index (χ0v) is 20.3. The zero-order valence-electron chi connectivity index (χ0n) is 20.3. The van der Waals surface area contributed by atoms with Crippen molar-refractivity contribution in [2.75, 3.05) is 11.7 Å². The van der Waals surface area contributed by atoms with Gasteiger partial charge in [-0.2, -0.15) is 4.57 Å². The van der Waals surface area contributed by atoms with Gasteiger partial charge in [-0.1, -0.05) is 19.4 Å². The summed E-state index contributed by atoms with van der Waals surface area (Å²) in [7, 11) is 0. The van der Waals surface area contributed by atoms with Crippen LogP contribution in [0, 0.1) is 5.82 Å². The zero-order chi connectivity index (χ0) is 26.4. The third-order valence-corrected chi connectivity index (χ3v) is 6.45. The smallest absolute Gasteiger partial charge is 0.331 e. The lowest BCUT2D eigenvalue weighted by molar-refractivity contribution is -0.576. The summed E-state index contributed by atoms with van der Waals surface area (Å²) >= 11 is 0. The molecule has 2 aromatic carbocycles. The van der Waals surface area contributed by atoms with Crippen LogP contribution in [0.4, 0.5) is 10.1 Å². The number of nitrogens with zero attached hydrogens (tertiary/aromatic N) is 3. The number of fused-ring (bicyclic) bond motifs is 1. The maximum Gasteiger partial charge on any atom is 0.331 e. The average Bonchev–Trinajstić information content (AvgIpc) is 3.59. The first kappa shape index (κ1) is 23.4. The summed E-state index contributed by atoms with van der Waals surface area (Å²) in [4.78, 5) is 42.8. The van der Waals surface area contributed by atoms with Crippen LogP contribution in [0.5, 0.6) is 11.5 Å². The van der Waals surface area contributed by atoms with Gasteiger partial charge in [0.1, 0.15) is 11.4 Å². The molecular weight excluding hydrogens is 491 g/mol. The number of benzene rings is 2. The van der Waals surface area contributed by atoms with E-state index in [9.17, 15) is 18.8 Å².